The molecule has 8 nitrogen and oxygen atoms in total. The summed E-state index contributed by atoms with van der Waals surface area (Å²) in [7, 11) is 3.28. The molecule has 1 amide bonds. The lowest BCUT2D eigenvalue weighted by molar-refractivity contribution is -0.534. The van der Waals surface area contributed by atoms with Gasteiger partial charge in [-0.15, -0.1) is 0 Å². The van der Waals surface area contributed by atoms with Gasteiger partial charge in [0.05, 0.1) is 17.5 Å². The van der Waals surface area contributed by atoms with Crippen molar-refractivity contribution in [1.82, 2.24) is 4.90 Å². The molecule has 186 valence electrons. The van der Waals surface area contributed by atoms with E-state index in [0.29, 0.717) is 44.4 Å². The van der Waals surface area contributed by atoms with Crippen LogP contribution in [0.25, 0.3) is 0 Å². The molecule has 0 radical (unpaired) electrons. The summed E-state index contributed by atoms with van der Waals surface area (Å²) in [5, 5.41) is 16.0. The monoisotopic (exact) mass is 571 g/mol. The Hall–Kier alpha value is -3.14. The fraction of sp³-hybridized carbons (Fsp3) is 0.269. The van der Waals surface area contributed by atoms with Gasteiger partial charge in [-0.1, -0.05) is 41.9 Å². The van der Waals surface area contributed by atoms with E-state index in [-0.39, 0.29) is 17.4 Å². The topological polar surface area (TPSA) is 93.9 Å². The predicted octanol–water partition coefficient (Wildman–Crippen LogP) is 5.21. The largest absolute Gasteiger partial charge is 0.493 e. The Kier molecular flexibility index (Phi) is 6.40. The fourth-order valence-electron chi connectivity index (χ4n) is 5.46. The highest BCUT2D eigenvalue weighted by Crippen LogP contribution is 2.53. The second kappa shape index (κ2) is 9.38. The minimum Gasteiger partial charge on any atom is -0.493 e. The zero-order valence-corrected chi connectivity index (χ0v) is 21.9. The number of amides is 1. The molecule has 0 saturated carbocycles. The summed E-state index contributed by atoms with van der Waals surface area (Å²) in [5.74, 6) is -0.0516. The predicted molar refractivity (Wildman–Crippen MR) is 139 cm³/mol. The van der Waals surface area contributed by atoms with Crippen LogP contribution < -0.4 is 14.8 Å². The summed E-state index contributed by atoms with van der Waals surface area (Å²) in [6.07, 6.45) is 0. The van der Waals surface area contributed by atoms with Gasteiger partial charge in [-0.3, -0.25) is 19.8 Å². The number of likely N-dealkylation sites (N-methyl/N-ethyl adjacent to an activating group) is 1. The van der Waals surface area contributed by atoms with Gasteiger partial charge >= 0.3 is 0 Å². The molecule has 3 atom stereocenters. The van der Waals surface area contributed by atoms with E-state index in [2.05, 4.69) is 21.2 Å². The summed E-state index contributed by atoms with van der Waals surface area (Å²) in [6.45, 7) is 0.574. The van der Waals surface area contributed by atoms with E-state index in [9.17, 15) is 14.9 Å². The van der Waals surface area contributed by atoms with Crippen LogP contribution in [0.2, 0.25) is 5.02 Å². The molecule has 0 aromatic heterocycles. The quantitative estimate of drug-likeness (QED) is 0.322. The van der Waals surface area contributed by atoms with Gasteiger partial charge < -0.3 is 14.8 Å². The molecule has 1 spiro atoms. The average Bonchev–Trinajstić information content (AvgIpc) is 3.32. The van der Waals surface area contributed by atoms with Crippen LogP contribution in [0, 0.1) is 10.1 Å². The summed E-state index contributed by atoms with van der Waals surface area (Å²) in [5.41, 5.74) is 1.38. The molecular weight excluding hydrogens is 550 g/mol. The Morgan fingerprint density at radius 1 is 1.22 bits per heavy atom. The van der Waals surface area contributed by atoms with Crippen molar-refractivity contribution < 1.29 is 19.2 Å². The zero-order valence-electron chi connectivity index (χ0n) is 19.5. The standard InChI is InChI=1S/C26H23BrClN3O5/c1-30-13-18(24(31(33)34)26(30)19-8-3-4-9-21(19)29-25(26)32)16-11-20(27)23(22(12-16)35-2)36-14-15-6-5-7-17(28)10-15/h3-12,18,24H,13-14H2,1-2H3,(H,29,32)/t18-,24+,26-/m0/s1. The number of nitrogens with one attached hydrogen (secondary N) is 1. The number of ether oxygens (including phenoxy) is 2. The Morgan fingerprint density at radius 2 is 2.00 bits per heavy atom. The number of likely N-dealkylation sites (tertiary alicyclic amines) is 1. The van der Waals surface area contributed by atoms with Crippen molar-refractivity contribution in [2.45, 2.75) is 24.1 Å². The molecule has 1 fully saturated rings. The maximum atomic E-state index is 13.3. The van der Waals surface area contributed by atoms with Crippen molar-refractivity contribution in [3.05, 3.63) is 97.0 Å². The number of benzene rings is 3. The number of methoxy groups -OCH3 is 1. The van der Waals surface area contributed by atoms with Crippen LogP contribution in [0.3, 0.4) is 0 Å². The number of hydrogen-bond acceptors (Lipinski definition) is 6. The maximum Gasteiger partial charge on any atom is 0.256 e. The summed E-state index contributed by atoms with van der Waals surface area (Å²) < 4.78 is 12.2. The zero-order chi connectivity index (χ0) is 25.6. The van der Waals surface area contributed by atoms with Crippen LogP contribution in [-0.4, -0.2) is 42.5 Å². The van der Waals surface area contributed by atoms with Gasteiger partial charge in [0.15, 0.2) is 17.0 Å². The number of anilines is 1. The fourth-order valence-corrected chi connectivity index (χ4v) is 6.24. The van der Waals surface area contributed by atoms with Crippen molar-refractivity contribution in [2.75, 3.05) is 26.0 Å². The summed E-state index contributed by atoms with van der Waals surface area (Å²) in [6, 6.07) is 16.9. The molecule has 36 heavy (non-hydrogen) atoms. The van der Waals surface area contributed by atoms with Crippen LogP contribution in [0.4, 0.5) is 5.69 Å². The van der Waals surface area contributed by atoms with Crippen LogP contribution in [0.1, 0.15) is 22.6 Å². The van der Waals surface area contributed by atoms with Crippen molar-refractivity contribution in [1.29, 1.82) is 0 Å². The van der Waals surface area contributed by atoms with E-state index in [1.807, 2.05) is 24.3 Å². The number of para-hydroxylation sites is 1. The first-order chi connectivity index (χ1) is 17.3. The van der Waals surface area contributed by atoms with Crippen molar-refractivity contribution >= 4 is 39.1 Å². The molecule has 5 rings (SSSR count). The molecule has 1 saturated heterocycles. The molecule has 3 aromatic carbocycles. The number of carbonyl (C=O) groups is 1. The van der Waals surface area contributed by atoms with E-state index in [1.54, 1.807) is 48.3 Å². The number of carbonyl (C=O) groups excluding carboxylic acids is 1. The molecule has 2 aliphatic rings. The SMILES string of the molecule is COc1cc([C@@H]2CN(C)[C@]3(C(=O)Nc4ccccc43)[C@@H]2[N+](=O)[O-])cc(Br)c1OCc1cccc(Cl)c1. The lowest BCUT2D eigenvalue weighted by Crippen LogP contribution is -2.54. The highest BCUT2D eigenvalue weighted by molar-refractivity contribution is 9.10. The molecule has 0 aliphatic carbocycles. The van der Waals surface area contributed by atoms with Crippen LogP contribution in [0.5, 0.6) is 11.5 Å². The third-order valence-electron chi connectivity index (χ3n) is 6.99. The van der Waals surface area contributed by atoms with Gasteiger partial charge in [0.2, 0.25) is 0 Å². The Labute approximate surface area is 221 Å². The number of hydrogen-bond donors (Lipinski definition) is 1. The Bertz CT molecular complexity index is 1370. The molecule has 0 unspecified atom stereocenters. The second-order valence-electron chi connectivity index (χ2n) is 8.94. The highest BCUT2D eigenvalue weighted by atomic mass is 79.9. The average molecular weight is 573 g/mol. The number of halogens is 2. The normalized spacial score (nSPS) is 22.9. The summed E-state index contributed by atoms with van der Waals surface area (Å²) >= 11 is 9.64. The van der Waals surface area contributed by atoms with Gasteiger partial charge in [0.25, 0.3) is 11.9 Å². The van der Waals surface area contributed by atoms with Crippen LogP contribution in [-0.2, 0) is 16.9 Å². The Morgan fingerprint density at radius 3 is 2.72 bits per heavy atom. The number of nitrogens with zero attached hydrogens (tertiary/aromatic N) is 2. The lowest BCUT2D eigenvalue weighted by atomic mass is 9.79. The van der Waals surface area contributed by atoms with Crippen molar-refractivity contribution in [3.63, 3.8) is 0 Å². The van der Waals surface area contributed by atoms with Crippen molar-refractivity contribution in [3.8, 4) is 11.5 Å². The number of fused-ring (bicyclic) bond motifs is 2. The first kappa shape index (κ1) is 24.5. The number of nitro groups is 1. The van der Waals surface area contributed by atoms with E-state index >= 15 is 0 Å². The molecule has 2 heterocycles. The molecule has 1 N–H and O–H groups in total. The van der Waals surface area contributed by atoms with E-state index in [4.69, 9.17) is 21.1 Å². The Balaban J connectivity index is 1.53. The van der Waals surface area contributed by atoms with Gasteiger partial charge in [-0.05, 0) is 64.4 Å². The molecule has 0 bridgehead atoms. The molecular formula is C26H23BrClN3O5. The third kappa shape index (κ3) is 3.82. The maximum absolute atomic E-state index is 13.3. The van der Waals surface area contributed by atoms with E-state index < -0.39 is 17.5 Å². The lowest BCUT2D eigenvalue weighted by Gasteiger charge is -2.30. The summed E-state index contributed by atoms with van der Waals surface area (Å²) in [4.78, 5) is 27.3. The first-order valence-corrected chi connectivity index (χ1v) is 12.4. The van der Waals surface area contributed by atoms with Gasteiger partial charge in [-0.25, -0.2) is 0 Å². The minimum absolute atomic E-state index is 0.263. The van der Waals surface area contributed by atoms with Crippen LogP contribution in [0.15, 0.2) is 65.1 Å². The molecule has 2 aliphatic heterocycles. The third-order valence-corrected chi connectivity index (χ3v) is 7.82. The minimum atomic E-state index is -1.41. The first-order valence-electron chi connectivity index (χ1n) is 11.3. The van der Waals surface area contributed by atoms with E-state index in [1.165, 1.54) is 7.11 Å². The smallest absolute Gasteiger partial charge is 0.256 e. The van der Waals surface area contributed by atoms with Gasteiger partial charge in [-0.2, -0.15) is 0 Å². The van der Waals surface area contributed by atoms with Gasteiger partial charge in [0.1, 0.15) is 6.61 Å². The van der Waals surface area contributed by atoms with Gasteiger partial charge in [0, 0.05) is 27.7 Å². The number of rotatable bonds is 6. The molecule has 3 aromatic rings. The van der Waals surface area contributed by atoms with Crippen molar-refractivity contribution in [2.24, 2.45) is 0 Å². The van der Waals surface area contributed by atoms with E-state index in [0.717, 1.165) is 5.56 Å². The highest BCUT2D eigenvalue weighted by Gasteiger charge is 2.68. The second-order valence-corrected chi connectivity index (χ2v) is 10.2. The molecule has 10 heteroatoms. The van der Waals surface area contributed by atoms with Crippen LogP contribution >= 0.6 is 27.5 Å².